The summed E-state index contributed by atoms with van der Waals surface area (Å²) >= 11 is 0. The second-order valence-electron chi connectivity index (χ2n) is 3.63. The molecule has 4 N–H and O–H groups in total. The number of hydrogen-bond acceptors (Lipinski definition) is 4. The Morgan fingerprint density at radius 1 is 1.44 bits per heavy atom. The van der Waals surface area contributed by atoms with E-state index in [2.05, 4.69) is 10.6 Å². The molecule has 0 heterocycles. The molecule has 0 aliphatic heterocycles. The second-order valence-corrected chi connectivity index (χ2v) is 3.63. The quantitative estimate of drug-likeness (QED) is 0.365. The van der Waals surface area contributed by atoms with Gasteiger partial charge in [-0.05, 0) is 18.6 Å². The lowest BCUT2D eigenvalue weighted by Gasteiger charge is -2.08. The summed E-state index contributed by atoms with van der Waals surface area (Å²) in [6.07, 6.45) is 1.30. The van der Waals surface area contributed by atoms with Gasteiger partial charge in [0.05, 0.1) is 12.7 Å². The first-order valence-electron chi connectivity index (χ1n) is 5.57. The van der Waals surface area contributed by atoms with Crippen molar-refractivity contribution in [3.8, 4) is 5.75 Å². The van der Waals surface area contributed by atoms with E-state index in [9.17, 15) is 9.59 Å². The molecule has 1 aromatic rings. The van der Waals surface area contributed by atoms with Gasteiger partial charge in [-0.2, -0.15) is 0 Å². The lowest BCUT2D eigenvalue weighted by molar-refractivity contribution is -0.109. The number of carbonyl (C=O) groups excluding carboxylic acids is 2. The van der Waals surface area contributed by atoms with Gasteiger partial charge in [-0.1, -0.05) is 0 Å². The number of carbonyl (C=O) groups is 2. The minimum Gasteiger partial charge on any atom is -0.497 e. The van der Waals surface area contributed by atoms with Crippen molar-refractivity contribution < 1.29 is 14.3 Å². The van der Waals surface area contributed by atoms with Crippen LogP contribution in [0.5, 0.6) is 5.75 Å². The van der Waals surface area contributed by atoms with Gasteiger partial charge < -0.3 is 21.1 Å². The van der Waals surface area contributed by atoms with Gasteiger partial charge in [0, 0.05) is 24.8 Å². The Kier molecular flexibility index (Phi) is 5.50. The largest absolute Gasteiger partial charge is 0.497 e. The van der Waals surface area contributed by atoms with Gasteiger partial charge in [0.2, 0.25) is 6.41 Å². The molecule has 0 aromatic heterocycles. The molecule has 1 aromatic carbocycles. The Labute approximate surface area is 105 Å². The molecule has 0 aliphatic carbocycles. The fraction of sp³-hybridized carbons (Fsp3) is 0.333. The summed E-state index contributed by atoms with van der Waals surface area (Å²) in [5, 5.41) is 5.24. The first-order chi connectivity index (χ1) is 8.69. The first kappa shape index (κ1) is 13.8. The van der Waals surface area contributed by atoms with Gasteiger partial charge in [0.1, 0.15) is 5.75 Å². The van der Waals surface area contributed by atoms with Crippen molar-refractivity contribution in [1.82, 2.24) is 10.6 Å². The zero-order chi connectivity index (χ0) is 13.4. The Balaban J connectivity index is 2.48. The van der Waals surface area contributed by atoms with E-state index in [1.165, 1.54) is 7.11 Å². The van der Waals surface area contributed by atoms with Crippen LogP contribution in [-0.4, -0.2) is 32.5 Å². The number of nitrogen functional groups attached to an aromatic ring is 1. The van der Waals surface area contributed by atoms with Gasteiger partial charge in [0.15, 0.2) is 0 Å². The van der Waals surface area contributed by atoms with Crippen molar-refractivity contribution in [2.75, 3.05) is 25.9 Å². The van der Waals surface area contributed by atoms with E-state index in [1.54, 1.807) is 18.2 Å². The van der Waals surface area contributed by atoms with E-state index in [0.29, 0.717) is 42.9 Å². The second kappa shape index (κ2) is 7.16. The molecule has 2 amide bonds. The highest BCUT2D eigenvalue weighted by atomic mass is 16.5. The van der Waals surface area contributed by atoms with Crippen molar-refractivity contribution in [3.05, 3.63) is 23.8 Å². The molecular formula is C12H17N3O3. The van der Waals surface area contributed by atoms with Crippen LogP contribution in [0.25, 0.3) is 0 Å². The van der Waals surface area contributed by atoms with Crippen LogP contribution in [0.1, 0.15) is 16.8 Å². The van der Waals surface area contributed by atoms with Crippen molar-refractivity contribution in [2.45, 2.75) is 6.42 Å². The maximum absolute atomic E-state index is 11.8. The van der Waals surface area contributed by atoms with Gasteiger partial charge in [-0.3, -0.25) is 9.59 Å². The predicted octanol–water partition coefficient (Wildman–Crippen LogP) is 0.143. The van der Waals surface area contributed by atoms with Crippen LogP contribution in [0.15, 0.2) is 18.2 Å². The molecule has 1 rings (SSSR count). The van der Waals surface area contributed by atoms with E-state index >= 15 is 0 Å². The summed E-state index contributed by atoms with van der Waals surface area (Å²) in [5.74, 6) is 0.375. The maximum Gasteiger partial charge on any atom is 0.253 e. The molecule has 6 heteroatoms. The van der Waals surface area contributed by atoms with E-state index in [0.717, 1.165) is 0 Å². The Morgan fingerprint density at radius 3 is 2.83 bits per heavy atom. The van der Waals surface area contributed by atoms with Crippen LogP contribution in [-0.2, 0) is 4.79 Å². The molecule has 0 radical (unpaired) electrons. The van der Waals surface area contributed by atoms with Crippen LogP contribution in [0.3, 0.4) is 0 Å². The third kappa shape index (κ3) is 3.97. The number of amides is 2. The minimum absolute atomic E-state index is 0.235. The Hall–Kier alpha value is -2.24. The molecular weight excluding hydrogens is 234 g/mol. The topological polar surface area (TPSA) is 93.5 Å². The standard InChI is InChI=1S/C12H17N3O3/c1-18-9-3-4-10(11(13)7-9)12(17)15-6-2-5-14-8-16/h3-4,7-8H,2,5-6,13H2,1H3,(H,14,16)(H,15,17). The zero-order valence-corrected chi connectivity index (χ0v) is 10.2. The first-order valence-corrected chi connectivity index (χ1v) is 5.57. The van der Waals surface area contributed by atoms with Crippen LogP contribution in [0, 0.1) is 0 Å². The number of methoxy groups -OCH3 is 1. The van der Waals surface area contributed by atoms with Crippen LogP contribution < -0.4 is 21.1 Å². The van der Waals surface area contributed by atoms with Gasteiger partial charge in [-0.15, -0.1) is 0 Å². The third-order valence-corrected chi connectivity index (χ3v) is 2.37. The summed E-state index contributed by atoms with van der Waals surface area (Å²) in [7, 11) is 1.54. The highest BCUT2D eigenvalue weighted by Gasteiger charge is 2.09. The number of nitrogens with two attached hydrogens (primary N) is 1. The Morgan fingerprint density at radius 2 is 2.22 bits per heavy atom. The summed E-state index contributed by atoms with van der Waals surface area (Å²) in [5.41, 5.74) is 6.54. The summed E-state index contributed by atoms with van der Waals surface area (Å²) in [4.78, 5) is 21.8. The SMILES string of the molecule is COc1ccc(C(=O)NCCCNC=O)c(N)c1. The lowest BCUT2D eigenvalue weighted by Crippen LogP contribution is -2.27. The van der Waals surface area contributed by atoms with Gasteiger partial charge >= 0.3 is 0 Å². The number of hydrogen-bond donors (Lipinski definition) is 3. The average molecular weight is 251 g/mol. The summed E-state index contributed by atoms with van der Waals surface area (Å²) < 4.78 is 5.00. The highest BCUT2D eigenvalue weighted by Crippen LogP contribution is 2.19. The van der Waals surface area contributed by atoms with Crippen molar-refractivity contribution >= 4 is 18.0 Å². The predicted molar refractivity (Wildman–Crippen MR) is 68.4 cm³/mol. The van der Waals surface area contributed by atoms with Crippen LogP contribution in [0.2, 0.25) is 0 Å². The van der Waals surface area contributed by atoms with Crippen molar-refractivity contribution in [1.29, 1.82) is 0 Å². The number of ether oxygens (including phenoxy) is 1. The van der Waals surface area contributed by atoms with Crippen molar-refractivity contribution in [2.24, 2.45) is 0 Å². The van der Waals surface area contributed by atoms with Gasteiger partial charge in [0.25, 0.3) is 5.91 Å². The Bertz CT molecular complexity index is 421. The maximum atomic E-state index is 11.8. The van der Waals surface area contributed by atoms with E-state index < -0.39 is 0 Å². The molecule has 6 nitrogen and oxygen atoms in total. The smallest absolute Gasteiger partial charge is 0.253 e. The zero-order valence-electron chi connectivity index (χ0n) is 10.2. The summed E-state index contributed by atoms with van der Waals surface area (Å²) in [6.45, 7) is 1.01. The fourth-order valence-corrected chi connectivity index (χ4v) is 1.42. The molecule has 0 aliphatic rings. The molecule has 0 saturated carbocycles. The fourth-order valence-electron chi connectivity index (χ4n) is 1.42. The third-order valence-electron chi connectivity index (χ3n) is 2.37. The molecule has 0 unspecified atom stereocenters. The van der Waals surface area contributed by atoms with Crippen LogP contribution >= 0.6 is 0 Å². The molecule has 18 heavy (non-hydrogen) atoms. The van der Waals surface area contributed by atoms with E-state index in [4.69, 9.17) is 10.5 Å². The monoisotopic (exact) mass is 251 g/mol. The lowest BCUT2D eigenvalue weighted by atomic mass is 10.1. The molecule has 0 fully saturated rings. The number of rotatable bonds is 7. The van der Waals surface area contributed by atoms with Crippen molar-refractivity contribution in [3.63, 3.8) is 0 Å². The minimum atomic E-state index is -0.235. The normalized spacial score (nSPS) is 9.61. The van der Waals surface area contributed by atoms with Gasteiger partial charge in [-0.25, -0.2) is 0 Å². The molecule has 0 atom stereocenters. The molecule has 0 saturated heterocycles. The average Bonchev–Trinajstić information content (AvgIpc) is 2.38. The summed E-state index contributed by atoms with van der Waals surface area (Å²) in [6, 6.07) is 4.90. The number of benzene rings is 1. The van der Waals surface area contributed by atoms with E-state index in [-0.39, 0.29) is 5.91 Å². The molecule has 0 spiro atoms. The van der Waals surface area contributed by atoms with Crippen LogP contribution in [0.4, 0.5) is 5.69 Å². The number of anilines is 1. The highest BCUT2D eigenvalue weighted by molar-refractivity contribution is 5.99. The molecule has 0 bridgehead atoms. The molecule has 98 valence electrons. The van der Waals surface area contributed by atoms with E-state index in [1.807, 2.05) is 0 Å². The number of nitrogens with one attached hydrogen (secondary N) is 2.